The van der Waals surface area contributed by atoms with Crippen LogP contribution in [0.25, 0.3) is 10.4 Å². The van der Waals surface area contributed by atoms with Gasteiger partial charge < -0.3 is 5.73 Å². The van der Waals surface area contributed by atoms with Crippen LogP contribution >= 0.6 is 0 Å². The third kappa shape index (κ3) is 11.6. The lowest BCUT2D eigenvalue weighted by molar-refractivity contribution is 0.0780. The van der Waals surface area contributed by atoms with Crippen molar-refractivity contribution in [3.05, 3.63) is 10.4 Å². The minimum absolute atomic E-state index is 0.0546. The van der Waals surface area contributed by atoms with Crippen molar-refractivity contribution in [3.63, 3.8) is 0 Å². The molecule has 0 amide bonds. The van der Waals surface area contributed by atoms with Gasteiger partial charge in [0.1, 0.15) is 0 Å². The Bertz CT molecular complexity index is 1100. The summed E-state index contributed by atoms with van der Waals surface area (Å²) in [6.45, 7) is 23.3. The molecule has 6 unspecified atom stereocenters. The molecule has 9 nitrogen and oxygen atoms in total. The minimum atomic E-state index is 0.0546. The summed E-state index contributed by atoms with van der Waals surface area (Å²) < 4.78 is 0. The number of azide groups is 1. The van der Waals surface area contributed by atoms with E-state index in [1.807, 2.05) is 24.9 Å². The summed E-state index contributed by atoms with van der Waals surface area (Å²) >= 11 is 0. The monoisotopic (exact) mass is 596 g/mol. The van der Waals surface area contributed by atoms with Crippen molar-refractivity contribution < 1.29 is 0 Å². The van der Waals surface area contributed by atoms with Gasteiger partial charge in [0.25, 0.3) is 0 Å². The molecule has 0 aromatic heterocycles. The molecule has 3 rings (SSSR count). The Labute approximate surface area is 261 Å². The molecular formula is C34H61N9. The van der Waals surface area contributed by atoms with E-state index in [-0.39, 0.29) is 50.6 Å². The Balaban J connectivity index is 1.52. The Hall–Kier alpha value is -2.25. The fourth-order valence-corrected chi connectivity index (χ4v) is 9.71. The molecule has 0 aromatic carbocycles. The normalized spacial score (nSPS) is 37.7. The molecule has 3 saturated carbocycles. The number of aliphatic imine (C=N–C) groups is 4. The average Bonchev–Trinajstić information content (AvgIpc) is 2.80. The maximum absolute atomic E-state index is 8.71. The van der Waals surface area contributed by atoms with Crippen LogP contribution in [-0.2, 0) is 0 Å². The molecule has 3 N–H and O–H groups in total. The number of nitrogens with one attached hydrogen (secondary N) is 1. The van der Waals surface area contributed by atoms with Gasteiger partial charge in [-0.25, -0.2) is 0 Å². The van der Waals surface area contributed by atoms with Crippen molar-refractivity contribution in [2.75, 3.05) is 19.6 Å². The highest BCUT2D eigenvalue weighted by molar-refractivity contribution is 6.16. The average molecular weight is 596 g/mol. The fourth-order valence-electron chi connectivity index (χ4n) is 9.71. The number of hydrogen-bond donors (Lipinski definition) is 2. The quantitative estimate of drug-likeness (QED) is 0.0828. The van der Waals surface area contributed by atoms with Crippen LogP contribution in [0.2, 0.25) is 0 Å². The van der Waals surface area contributed by atoms with Crippen LogP contribution in [0.15, 0.2) is 25.2 Å². The topological polar surface area (TPSA) is 136 Å². The lowest BCUT2D eigenvalue weighted by atomic mass is 9.63. The van der Waals surface area contributed by atoms with Crippen LogP contribution in [0.1, 0.15) is 120 Å². The lowest BCUT2D eigenvalue weighted by Crippen LogP contribution is -2.44. The first-order valence-corrected chi connectivity index (χ1v) is 16.4. The highest BCUT2D eigenvalue weighted by Gasteiger charge is 2.43. The van der Waals surface area contributed by atoms with Crippen molar-refractivity contribution in [3.8, 4) is 0 Å². The molecule has 9 heteroatoms. The van der Waals surface area contributed by atoms with Crippen LogP contribution in [-0.4, -0.2) is 62.6 Å². The maximum Gasteiger partial charge on any atom is 0.0976 e. The molecule has 0 heterocycles. The van der Waals surface area contributed by atoms with Crippen LogP contribution < -0.4 is 11.2 Å². The summed E-state index contributed by atoms with van der Waals surface area (Å²) in [6, 6.07) is 0.712. The minimum Gasteiger partial charge on any atom is -0.328 e. The van der Waals surface area contributed by atoms with Crippen LogP contribution in [0, 0.1) is 32.5 Å². The second-order valence-corrected chi connectivity index (χ2v) is 17.9. The molecule has 0 aliphatic heterocycles. The van der Waals surface area contributed by atoms with Crippen molar-refractivity contribution in [1.82, 2.24) is 5.43 Å². The summed E-state index contributed by atoms with van der Waals surface area (Å²) in [4.78, 5) is 22.2. The summed E-state index contributed by atoms with van der Waals surface area (Å²) in [5, 5.41) is 3.62. The second-order valence-electron chi connectivity index (χ2n) is 17.9. The number of nitrogens with zero attached hydrogens (tertiary/aromatic N) is 7. The van der Waals surface area contributed by atoms with Gasteiger partial charge in [-0.3, -0.25) is 25.4 Å². The van der Waals surface area contributed by atoms with Gasteiger partial charge in [0.2, 0.25) is 0 Å². The number of hydrogen-bond acceptors (Lipinski definition) is 6. The Kier molecular flexibility index (Phi) is 11.3. The molecular weight excluding hydrogens is 534 g/mol. The van der Waals surface area contributed by atoms with Gasteiger partial charge in [-0.2, -0.15) is 4.91 Å². The van der Waals surface area contributed by atoms with Gasteiger partial charge in [0, 0.05) is 50.5 Å². The van der Waals surface area contributed by atoms with E-state index < -0.39 is 0 Å². The first kappa shape index (κ1) is 35.2. The SMILES string of the molecule is CC1(C)CC(N)CC(C)(C/N=C/C=N/CC2(C)CC(/N=C/C=N/CC3(C)CC(NN=[N+]=[N-])CC(C)(C)C3)CC(C)(C)C2)C1. The molecule has 43 heavy (non-hydrogen) atoms. The van der Waals surface area contributed by atoms with Crippen LogP contribution in [0.5, 0.6) is 0 Å². The van der Waals surface area contributed by atoms with Crippen LogP contribution in [0.4, 0.5) is 0 Å². The number of rotatable bonds is 11. The predicted octanol–water partition coefficient (Wildman–Crippen LogP) is 7.80. The van der Waals surface area contributed by atoms with Gasteiger partial charge >= 0.3 is 0 Å². The van der Waals surface area contributed by atoms with Crippen molar-refractivity contribution >= 4 is 24.9 Å². The molecule has 0 aromatic rings. The number of nitrogens with two attached hydrogens (primary N) is 1. The van der Waals surface area contributed by atoms with Gasteiger partial charge in [-0.1, -0.05) is 62.3 Å². The first-order valence-electron chi connectivity index (χ1n) is 16.4. The summed E-state index contributed by atoms with van der Waals surface area (Å²) in [5.74, 6) is 0. The molecule has 0 bridgehead atoms. The van der Waals surface area contributed by atoms with E-state index in [4.69, 9.17) is 31.2 Å². The summed E-state index contributed by atoms with van der Waals surface area (Å²) in [5.41, 5.74) is 19.1. The smallest absolute Gasteiger partial charge is 0.0976 e. The molecule has 0 radical (unpaired) electrons. The van der Waals surface area contributed by atoms with E-state index in [0.717, 1.165) is 77.4 Å². The van der Waals surface area contributed by atoms with Crippen LogP contribution in [0.3, 0.4) is 0 Å². The van der Waals surface area contributed by atoms with E-state index >= 15 is 0 Å². The van der Waals surface area contributed by atoms with Gasteiger partial charge in [0.15, 0.2) is 0 Å². The van der Waals surface area contributed by atoms with Crippen molar-refractivity contribution in [1.29, 1.82) is 0 Å². The Morgan fingerprint density at radius 2 is 1.12 bits per heavy atom. The van der Waals surface area contributed by atoms with Gasteiger partial charge in [0.05, 0.1) is 12.1 Å². The molecule has 3 aliphatic rings. The second kappa shape index (κ2) is 13.8. The standard InChI is InChI=1S/C34H61N9/c1-29(2)14-26(35)15-32(7,20-29)23-37-10-11-38-24-33(8)18-27(16-30(3,4)21-33)40-13-12-39-25-34(9)19-28(41-43-42-36)17-31(5,6)22-34/h10-13,26-28,41H,14-25,35H2,1-9H3/b37-10+,38-11+,39-12+,40-13+. The fraction of sp³-hybridized carbons (Fsp3) is 0.882. The van der Waals surface area contributed by atoms with Crippen molar-refractivity contribution in [2.45, 2.75) is 138 Å². The highest BCUT2D eigenvalue weighted by Crippen LogP contribution is 2.48. The van der Waals surface area contributed by atoms with E-state index in [1.165, 1.54) is 0 Å². The molecule has 3 fully saturated rings. The van der Waals surface area contributed by atoms with E-state index in [1.54, 1.807) is 0 Å². The van der Waals surface area contributed by atoms with Crippen molar-refractivity contribution in [2.24, 2.45) is 63.4 Å². The first-order chi connectivity index (χ1) is 19.9. The summed E-state index contributed by atoms with van der Waals surface area (Å²) in [6.07, 6.45) is 17.2. The third-order valence-corrected chi connectivity index (χ3v) is 9.79. The zero-order chi connectivity index (χ0) is 32.0. The summed E-state index contributed by atoms with van der Waals surface area (Å²) in [7, 11) is 0. The molecule has 0 spiro atoms. The molecule has 3 aliphatic carbocycles. The van der Waals surface area contributed by atoms with Gasteiger partial charge in [-0.15, -0.1) is 5.53 Å². The molecule has 0 saturated heterocycles. The molecule has 6 atom stereocenters. The van der Waals surface area contributed by atoms with E-state index in [2.05, 4.69) is 77.9 Å². The predicted molar refractivity (Wildman–Crippen MR) is 184 cm³/mol. The largest absolute Gasteiger partial charge is 0.328 e. The molecule has 242 valence electrons. The maximum atomic E-state index is 8.71. The zero-order valence-electron chi connectivity index (χ0n) is 28.7. The lowest BCUT2D eigenvalue weighted by Gasteiger charge is -2.45. The highest BCUT2D eigenvalue weighted by atomic mass is 15.4. The van der Waals surface area contributed by atoms with E-state index in [9.17, 15) is 0 Å². The van der Waals surface area contributed by atoms with Gasteiger partial charge in [-0.05, 0) is 95.5 Å². The third-order valence-electron chi connectivity index (χ3n) is 9.79. The zero-order valence-corrected chi connectivity index (χ0v) is 28.7. The Morgan fingerprint density at radius 1 is 0.651 bits per heavy atom. The Morgan fingerprint density at radius 3 is 1.65 bits per heavy atom. The van der Waals surface area contributed by atoms with E-state index in [0.29, 0.717) is 0 Å².